The average molecular weight is 308 g/mol. The molecule has 2 aromatic rings. The number of nitrogens with zero attached hydrogens (tertiary/aromatic N) is 1. The smallest absolute Gasteiger partial charge is 0.0320 e. The molecule has 0 atom stereocenters. The van der Waals surface area contributed by atoms with Gasteiger partial charge in [0.15, 0.2) is 0 Å². The Kier molecular flexibility index (Phi) is 5.27. The molecule has 0 amide bonds. The lowest BCUT2D eigenvalue weighted by atomic mass is 9.87. The van der Waals surface area contributed by atoms with Crippen molar-refractivity contribution in [3.05, 3.63) is 71.8 Å². The molecule has 122 valence electrons. The van der Waals surface area contributed by atoms with E-state index >= 15 is 0 Å². The van der Waals surface area contributed by atoms with Gasteiger partial charge in [-0.15, -0.1) is 0 Å². The van der Waals surface area contributed by atoms with Gasteiger partial charge >= 0.3 is 0 Å². The van der Waals surface area contributed by atoms with Crippen LogP contribution in [0.5, 0.6) is 0 Å². The highest BCUT2D eigenvalue weighted by molar-refractivity contribution is 5.67. The first-order valence-corrected chi connectivity index (χ1v) is 8.07. The SMILES string of the molecule is C=C(CN(C)Cc1ccc(C(C)(C)C)cc1)c1cccc(N)c1. The highest BCUT2D eigenvalue weighted by Gasteiger charge is 2.13. The minimum absolute atomic E-state index is 0.200. The Balaban J connectivity index is 1.97. The molecular formula is C21H28N2. The maximum absolute atomic E-state index is 5.85. The second-order valence-electron chi connectivity index (χ2n) is 7.35. The molecular weight excluding hydrogens is 280 g/mol. The average Bonchev–Trinajstić information content (AvgIpc) is 2.46. The summed E-state index contributed by atoms with van der Waals surface area (Å²) < 4.78 is 0. The number of hydrogen-bond acceptors (Lipinski definition) is 2. The Bertz CT molecular complexity index is 663. The van der Waals surface area contributed by atoms with E-state index in [1.54, 1.807) is 0 Å². The molecule has 0 spiro atoms. The third kappa shape index (κ3) is 4.97. The first-order chi connectivity index (χ1) is 10.8. The Labute approximate surface area is 140 Å². The molecule has 0 aliphatic rings. The van der Waals surface area contributed by atoms with Crippen LogP contribution in [-0.4, -0.2) is 18.5 Å². The third-order valence-corrected chi connectivity index (χ3v) is 4.03. The van der Waals surface area contributed by atoms with Gasteiger partial charge in [0.05, 0.1) is 0 Å². The predicted octanol–water partition coefficient (Wildman–Crippen LogP) is 4.71. The van der Waals surface area contributed by atoms with Crippen molar-refractivity contribution < 1.29 is 0 Å². The maximum Gasteiger partial charge on any atom is 0.0320 e. The van der Waals surface area contributed by atoms with Gasteiger partial charge in [-0.05, 0) is 46.9 Å². The zero-order valence-electron chi connectivity index (χ0n) is 14.8. The summed E-state index contributed by atoms with van der Waals surface area (Å²) >= 11 is 0. The molecule has 0 bridgehead atoms. The number of likely N-dealkylation sites (N-methyl/N-ethyl adjacent to an activating group) is 1. The summed E-state index contributed by atoms with van der Waals surface area (Å²) in [5.74, 6) is 0. The van der Waals surface area contributed by atoms with Crippen molar-refractivity contribution in [2.45, 2.75) is 32.7 Å². The van der Waals surface area contributed by atoms with Crippen LogP contribution in [0.25, 0.3) is 5.57 Å². The van der Waals surface area contributed by atoms with Crippen molar-refractivity contribution in [2.24, 2.45) is 0 Å². The molecule has 0 fully saturated rings. The number of nitrogen functional groups attached to an aromatic ring is 1. The fourth-order valence-corrected chi connectivity index (χ4v) is 2.65. The normalized spacial score (nSPS) is 11.7. The number of hydrogen-bond donors (Lipinski definition) is 1. The van der Waals surface area contributed by atoms with Crippen molar-refractivity contribution >= 4 is 11.3 Å². The van der Waals surface area contributed by atoms with Crippen LogP contribution in [0.4, 0.5) is 5.69 Å². The van der Waals surface area contributed by atoms with Crippen molar-refractivity contribution in [3.63, 3.8) is 0 Å². The van der Waals surface area contributed by atoms with E-state index < -0.39 is 0 Å². The van der Waals surface area contributed by atoms with E-state index in [4.69, 9.17) is 5.73 Å². The van der Waals surface area contributed by atoms with Crippen LogP contribution in [0.1, 0.15) is 37.5 Å². The summed E-state index contributed by atoms with van der Waals surface area (Å²) in [6.45, 7) is 12.6. The number of rotatable bonds is 5. The van der Waals surface area contributed by atoms with Gasteiger partial charge in [-0.2, -0.15) is 0 Å². The second kappa shape index (κ2) is 7.01. The van der Waals surface area contributed by atoms with E-state index in [-0.39, 0.29) is 5.41 Å². The van der Waals surface area contributed by atoms with Crippen LogP contribution in [0.3, 0.4) is 0 Å². The molecule has 2 nitrogen and oxygen atoms in total. The zero-order chi connectivity index (χ0) is 17.0. The zero-order valence-corrected chi connectivity index (χ0v) is 14.8. The minimum Gasteiger partial charge on any atom is -0.399 e. The van der Waals surface area contributed by atoms with Crippen molar-refractivity contribution in [3.8, 4) is 0 Å². The lowest BCUT2D eigenvalue weighted by Crippen LogP contribution is -2.20. The molecule has 23 heavy (non-hydrogen) atoms. The van der Waals surface area contributed by atoms with Crippen LogP contribution in [-0.2, 0) is 12.0 Å². The summed E-state index contributed by atoms with van der Waals surface area (Å²) in [5, 5.41) is 0. The van der Waals surface area contributed by atoms with Gasteiger partial charge in [-0.25, -0.2) is 0 Å². The fraction of sp³-hybridized carbons (Fsp3) is 0.333. The standard InChI is InChI=1S/C21H28N2/c1-16(18-7-6-8-20(22)13-18)14-23(5)15-17-9-11-19(12-10-17)21(2,3)4/h6-13H,1,14-15,22H2,2-5H3. The summed E-state index contributed by atoms with van der Waals surface area (Å²) in [5.41, 5.74) is 11.7. The van der Waals surface area contributed by atoms with Gasteiger partial charge in [-0.3, -0.25) is 4.90 Å². The van der Waals surface area contributed by atoms with Gasteiger partial charge in [0.2, 0.25) is 0 Å². The first-order valence-electron chi connectivity index (χ1n) is 8.07. The fourth-order valence-electron chi connectivity index (χ4n) is 2.65. The Hall–Kier alpha value is -2.06. The predicted molar refractivity (Wildman–Crippen MR) is 101 cm³/mol. The van der Waals surface area contributed by atoms with E-state index in [0.29, 0.717) is 0 Å². The molecule has 0 aliphatic heterocycles. The number of nitrogens with two attached hydrogens (primary N) is 1. The van der Waals surface area contributed by atoms with E-state index in [1.807, 2.05) is 18.2 Å². The first kappa shape index (κ1) is 17.3. The lowest BCUT2D eigenvalue weighted by Gasteiger charge is -2.21. The molecule has 0 saturated heterocycles. The summed E-state index contributed by atoms with van der Waals surface area (Å²) in [7, 11) is 2.12. The third-order valence-electron chi connectivity index (χ3n) is 4.03. The molecule has 0 radical (unpaired) electrons. The largest absolute Gasteiger partial charge is 0.399 e. The Morgan fingerprint density at radius 1 is 1.09 bits per heavy atom. The monoisotopic (exact) mass is 308 g/mol. The highest BCUT2D eigenvalue weighted by Crippen LogP contribution is 2.23. The number of anilines is 1. The Morgan fingerprint density at radius 2 is 1.74 bits per heavy atom. The van der Waals surface area contributed by atoms with Gasteiger partial charge in [0.1, 0.15) is 0 Å². The van der Waals surface area contributed by atoms with Crippen LogP contribution in [0, 0.1) is 0 Å². The van der Waals surface area contributed by atoms with Gasteiger partial charge < -0.3 is 5.73 Å². The quantitative estimate of drug-likeness (QED) is 0.810. The minimum atomic E-state index is 0.200. The van der Waals surface area contributed by atoms with Gasteiger partial charge in [0, 0.05) is 18.8 Å². The van der Waals surface area contributed by atoms with Crippen molar-refractivity contribution in [2.75, 3.05) is 19.3 Å². The Morgan fingerprint density at radius 3 is 2.30 bits per heavy atom. The van der Waals surface area contributed by atoms with E-state index in [0.717, 1.165) is 29.9 Å². The topological polar surface area (TPSA) is 29.3 Å². The van der Waals surface area contributed by atoms with Crippen molar-refractivity contribution in [1.82, 2.24) is 4.90 Å². The summed E-state index contributed by atoms with van der Waals surface area (Å²) in [4.78, 5) is 2.28. The maximum atomic E-state index is 5.85. The van der Waals surface area contributed by atoms with E-state index in [1.165, 1.54) is 11.1 Å². The molecule has 0 aliphatic carbocycles. The van der Waals surface area contributed by atoms with Crippen LogP contribution >= 0.6 is 0 Å². The summed E-state index contributed by atoms with van der Waals surface area (Å²) in [6, 6.07) is 16.8. The van der Waals surface area contributed by atoms with Crippen LogP contribution < -0.4 is 5.73 Å². The molecule has 0 saturated carbocycles. The van der Waals surface area contributed by atoms with Crippen LogP contribution in [0.2, 0.25) is 0 Å². The molecule has 2 rings (SSSR count). The van der Waals surface area contributed by atoms with Crippen molar-refractivity contribution in [1.29, 1.82) is 0 Å². The lowest BCUT2D eigenvalue weighted by molar-refractivity contribution is 0.369. The molecule has 2 heteroatoms. The molecule has 0 heterocycles. The highest BCUT2D eigenvalue weighted by atomic mass is 15.1. The summed E-state index contributed by atoms with van der Waals surface area (Å²) in [6.07, 6.45) is 0. The second-order valence-corrected chi connectivity index (χ2v) is 7.35. The number of benzene rings is 2. The molecule has 0 unspecified atom stereocenters. The van der Waals surface area contributed by atoms with Gasteiger partial charge in [-0.1, -0.05) is 63.7 Å². The van der Waals surface area contributed by atoms with E-state index in [2.05, 4.69) is 69.6 Å². The van der Waals surface area contributed by atoms with Gasteiger partial charge in [0.25, 0.3) is 0 Å². The molecule has 0 aromatic heterocycles. The van der Waals surface area contributed by atoms with Crippen LogP contribution in [0.15, 0.2) is 55.1 Å². The molecule has 2 aromatic carbocycles. The van der Waals surface area contributed by atoms with E-state index in [9.17, 15) is 0 Å². The molecule has 2 N–H and O–H groups in total.